The number of nitrogens with zero attached hydrogens (tertiary/aromatic N) is 2. The highest BCUT2D eigenvalue weighted by molar-refractivity contribution is 5.97. The number of esters is 1. The SMILES string of the molecule is CCOC(=O)c1ccnc(N2CCCC(C)(C)CC2)c1N. The predicted octanol–water partition coefficient (Wildman–Crippen LogP) is 2.86. The molecule has 0 amide bonds. The average Bonchev–Trinajstić information content (AvgIpc) is 2.60. The first kappa shape index (κ1) is 15.6. The second-order valence-corrected chi connectivity index (χ2v) is 6.32. The van der Waals surface area contributed by atoms with Crippen molar-refractivity contribution in [2.75, 3.05) is 30.3 Å². The fraction of sp³-hybridized carbons (Fsp3) is 0.625. The van der Waals surface area contributed by atoms with Gasteiger partial charge < -0.3 is 15.4 Å². The number of rotatable bonds is 3. The minimum absolute atomic E-state index is 0.341. The van der Waals surface area contributed by atoms with E-state index in [1.165, 1.54) is 6.42 Å². The van der Waals surface area contributed by atoms with Crippen molar-refractivity contribution in [2.24, 2.45) is 5.41 Å². The zero-order chi connectivity index (χ0) is 15.5. The second kappa shape index (κ2) is 6.33. The molecule has 0 atom stereocenters. The number of hydrogen-bond acceptors (Lipinski definition) is 5. The monoisotopic (exact) mass is 291 g/mol. The summed E-state index contributed by atoms with van der Waals surface area (Å²) < 4.78 is 5.04. The minimum atomic E-state index is -0.381. The van der Waals surface area contributed by atoms with Crippen molar-refractivity contribution in [3.05, 3.63) is 17.8 Å². The number of carbonyl (C=O) groups is 1. The number of aromatic nitrogens is 1. The fourth-order valence-corrected chi connectivity index (χ4v) is 2.74. The van der Waals surface area contributed by atoms with E-state index in [4.69, 9.17) is 10.5 Å². The maximum atomic E-state index is 11.9. The maximum Gasteiger partial charge on any atom is 0.340 e. The molecule has 0 radical (unpaired) electrons. The third kappa shape index (κ3) is 3.65. The van der Waals surface area contributed by atoms with E-state index in [0.717, 1.165) is 25.9 Å². The van der Waals surface area contributed by atoms with Crippen LogP contribution in [0.4, 0.5) is 11.5 Å². The first-order valence-corrected chi connectivity index (χ1v) is 7.61. The van der Waals surface area contributed by atoms with E-state index in [-0.39, 0.29) is 5.97 Å². The average molecular weight is 291 g/mol. The van der Waals surface area contributed by atoms with Crippen molar-refractivity contribution in [1.82, 2.24) is 4.98 Å². The molecule has 5 heteroatoms. The van der Waals surface area contributed by atoms with Crippen LogP contribution in [0.2, 0.25) is 0 Å². The number of nitrogens with two attached hydrogens (primary N) is 1. The Hall–Kier alpha value is -1.78. The van der Waals surface area contributed by atoms with Crippen molar-refractivity contribution in [3.63, 3.8) is 0 Å². The van der Waals surface area contributed by atoms with Crippen LogP contribution in [0.15, 0.2) is 12.3 Å². The molecule has 1 aromatic rings. The van der Waals surface area contributed by atoms with E-state index in [2.05, 4.69) is 23.7 Å². The molecule has 0 spiro atoms. The molecule has 0 saturated carbocycles. The van der Waals surface area contributed by atoms with E-state index in [9.17, 15) is 4.79 Å². The summed E-state index contributed by atoms with van der Waals surface area (Å²) in [5, 5.41) is 0. The highest BCUT2D eigenvalue weighted by Crippen LogP contribution is 2.33. The highest BCUT2D eigenvalue weighted by Gasteiger charge is 2.25. The Balaban J connectivity index is 2.24. The van der Waals surface area contributed by atoms with Crippen molar-refractivity contribution in [1.29, 1.82) is 0 Å². The molecule has 0 unspecified atom stereocenters. The normalized spacial score (nSPS) is 18.1. The van der Waals surface area contributed by atoms with Crippen LogP contribution in [0.3, 0.4) is 0 Å². The molecule has 0 aromatic carbocycles. The summed E-state index contributed by atoms with van der Waals surface area (Å²) in [5.41, 5.74) is 7.34. The van der Waals surface area contributed by atoms with Crippen LogP contribution < -0.4 is 10.6 Å². The summed E-state index contributed by atoms with van der Waals surface area (Å²) in [6.07, 6.45) is 5.03. The van der Waals surface area contributed by atoms with Crippen LogP contribution in [0.5, 0.6) is 0 Å². The molecule has 116 valence electrons. The topological polar surface area (TPSA) is 68.5 Å². The molecule has 2 N–H and O–H groups in total. The summed E-state index contributed by atoms with van der Waals surface area (Å²) in [5.74, 6) is 0.326. The van der Waals surface area contributed by atoms with Gasteiger partial charge in [0.05, 0.1) is 17.9 Å². The molecule has 2 heterocycles. The zero-order valence-electron chi connectivity index (χ0n) is 13.2. The quantitative estimate of drug-likeness (QED) is 0.867. The van der Waals surface area contributed by atoms with E-state index in [0.29, 0.717) is 29.1 Å². The minimum Gasteiger partial charge on any atom is -0.462 e. The van der Waals surface area contributed by atoms with Crippen LogP contribution in [-0.4, -0.2) is 30.6 Å². The van der Waals surface area contributed by atoms with Crippen molar-refractivity contribution < 1.29 is 9.53 Å². The number of hydrogen-bond donors (Lipinski definition) is 1. The van der Waals surface area contributed by atoms with E-state index < -0.39 is 0 Å². The predicted molar refractivity (Wildman–Crippen MR) is 84.5 cm³/mol. The van der Waals surface area contributed by atoms with Crippen LogP contribution in [0, 0.1) is 5.41 Å². The van der Waals surface area contributed by atoms with E-state index >= 15 is 0 Å². The van der Waals surface area contributed by atoms with Crippen molar-refractivity contribution in [3.8, 4) is 0 Å². The van der Waals surface area contributed by atoms with Gasteiger partial charge in [-0.15, -0.1) is 0 Å². The standard InChI is InChI=1S/C16H25N3O2/c1-4-21-15(20)12-6-9-18-14(13(12)17)19-10-5-7-16(2,3)8-11-19/h6,9H,4-5,7-8,10-11,17H2,1-3H3. The Morgan fingerprint density at radius 1 is 1.43 bits per heavy atom. The van der Waals surface area contributed by atoms with Gasteiger partial charge in [0.25, 0.3) is 0 Å². The van der Waals surface area contributed by atoms with Crippen LogP contribution >= 0.6 is 0 Å². The molecular weight excluding hydrogens is 266 g/mol. The lowest BCUT2D eigenvalue weighted by Gasteiger charge is -2.25. The van der Waals surface area contributed by atoms with Gasteiger partial charge in [-0.3, -0.25) is 0 Å². The first-order valence-electron chi connectivity index (χ1n) is 7.61. The van der Waals surface area contributed by atoms with Gasteiger partial charge in [0, 0.05) is 19.3 Å². The molecule has 1 aromatic heterocycles. The first-order chi connectivity index (χ1) is 9.94. The van der Waals surface area contributed by atoms with Gasteiger partial charge in [-0.25, -0.2) is 9.78 Å². The molecule has 1 aliphatic rings. The molecule has 0 bridgehead atoms. The van der Waals surface area contributed by atoms with Crippen LogP contribution in [0.1, 0.15) is 50.4 Å². The van der Waals surface area contributed by atoms with Gasteiger partial charge in [-0.2, -0.15) is 0 Å². The molecular formula is C16H25N3O2. The van der Waals surface area contributed by atoms with Crippen LogP contribution in [-0.2, 0) is 4.74 Å². The third-order valence-electron chi connectivity index (χ3n) is 4.10. The van der Waals surface area contributed by atoms with Gasteiger partial charge in [0.1, 0.15) is 0 Å². The molecule has 21 heavy (non-hydrogen) atoms. The maximum absolute atomic E-state index is 11.9. The lowest BCUT2D eigenvalue weighted by atomic mass is 9.85. The van der Waals surface area contributed by atoms with Gasteiger partial charge in [-0.1, -0.05) is 13.8 Å². The lowest BCUT2D eigenvalue weighted by Crippen LogP contribution is -2.27. The fourth-order valence-electron chi connectivity index (χ4n) is 2.74. The third-order valence-corrected chi connectivity index (χ3v) is 4.10. The molecule has 5 nitrogen and oxygen atoms in total. The Kier molecular flexibility index (Phi) is 4.70. The smallest absolute Gasteiger partial charge is 0.340 e. The van der Waals surface area contributed by atoms with Gasteiger partial charge >= 0.3 is 5.97 Å². The lowest BCUT2D eigenvalue weighted by molar-refractivity contribution is 0.0527. The largest absolute Gasteiger partial charge is 0.462 e. The Bertz CT molecular complexity index is 514. The van der Waals surface area contributed by atoms with Crippen molar-refractivity contribution >= 4 is 17.5 Å². The second-order valence-electron chi connectivity index (χ2n) is 6.32. The van der Waals surface area contributed by atoms with Crippen LogP contribution in [0.25, 0.3) is 0 Å². The highest BCUT2D eigenvalue weighted by atomic mass is 16.5. The molecule has 1 fully saturated rings. The summed E-state index contributed by atoms with van der Waals surface area (Å²) in [6.45, 7) is 8.55. The number of anilines is 2. The van der Waals surface area contributed by atoms with Gasteiger partial charge in [-0.05, 0) is 37.7 Å². The van der Waals surface area contributed by atoms with Gasteiger partial charge in [0.2, 0.25) is 0 Å². The number of carbonyl (C=O) groups excluding carboxylic acids is 1. The summed E-state index contributed by atoms with van der Waals surface area (Å²) in [6, 6.07) is 1.62. The van der Waals surface area contributed by atoms with Crippen molar-refractivity contribution in [2.45, 2.75) is 40.0 Å². The van der Waals surface area contributed by atoms with Gasteiger partial charge in [0.15, 0.2) is 5.82 Å². The Morgan fingerprint density at radius 3 is 2.90 bits per heavy atom. The number of pyridine rings is 1. The molecule has 2 rings (SSSR count). The number of nitrogen functional groups attached to an aromatic ring is 1. The zero-order valence-corrected chi connectivity index (χ0v) is 13.2. The summed E-state index contributed by atoms with van der Waals surface area (Å²) in [7, 11) is 0. The molecule has 1 aliphatic heterocycles. The summed E-state index contributed by atoms with van der Waals surface area (Å²) >= 11 is 0. The van der Waals surface area contributed by atoms with E-state index in [1.807, 2.05) is 0 Å². The number of ether oxygens (including phenoxy) is 1. The Morgan fingerprint density at radius 2 is 2.19 bits per heavy atom. The molecule has 0 aliphatic carbocycles. The molecule has 1 saturated heterocycles. The Labute approximate surface area is 126 Å². The summed E-state index contributed by atoms with van der Waals surface area (Å²) in [4.78, 5) is 18.5. The van der Waals surface area contributed by atoms with E-state index in [1.54, 1.807) is 19.2 Å².